The largest absolute Gasteiger partial charge is 0.492 e. The Morgan fingerprint density at radius 2 is 1.70 bits per heavy atom. The number of rotatable bonds is 7. The molecule has 0 bridgehead atoms. The van der Waals surface area contributed by atoms with E-state index in [-0.39, 0.29) is 5.91 Å². The standard InChI is InChI=1S/C21H32N2O4/c1-16-8-10-18(11-9-16)26-13-12-23(20(25)27-21(3,4)5)15-17(2)14-19(24)22(6)7/h8-11,14H,12-13,15H2,1-7H3/b17-14+. The van der Waals surface area contributed by atoms with Gasteiger partial charge in [0.15, 0.2) is 0 Å². The van der Waals surface area contributed by atoms with Gasteiger partial charge in [-0.3, -0.25) is 4.79 Å². The first-order chi connectivity index (χ1) is 12.5. The van der Waals surface area contributed by atoms with E-state index in [9.17, 15) is 9.59 Å². The van der Waals surface area contributed by atoms with Crippen molar-refractivity contribution in [1.82, 2.24) is 9.80 Å². The molecule has 0 aliphatic heterocycles. The Balaban J connectivity index is 2.76. The van der Waals surface area contributed by atoms with Gasteiger partial charge in [0.25, 0.3) is 0 Å². The molecule has 0 saturated carbocycles. The smallest absolute Gasteiger partial charge is 0.410 e. The summed E-state index contributed by atoms with van der Waals surface area (Å²) in [7, 11) is 3.38. The van der Waals surface area contributed by atoms with Crippen molar-refractivity contribution >= 4 is 12.0 Å². The first-order valence-electron chi connectivity index (χ1n) is 9.04. The van der Waals surface area contributed by atoms with Crippen molar-refractivity contribution in [3.8, 4) is 5.75 Å². The Labute approximate surface area is 162 Å². The molecule has 0 spiro atoms. The van der Waals surface area contributed by atoms with Crippen LogP contribution in [0.4, 0.5) is 4.79 Å². The number of hydrogen-bond donors (Lipinski definition) is 0. The van der Waals surface area contributed by atoms with E-state index < -0.39 is 11.7 Å². The van der Waals surface area contributed by atoms with Crippen LogP contribution in [-0.4, -0.2) is 61.2 Å². The first-order valence-corrected chi connectivity index (χ1v) is 9.04. The van der Waals surface area contributed by atoms with Crippen LogP contribution in [0.2, 0.25) is 0 Å². The van der Waals surface area contributed by atoms with Gasteiger partial charge < -0.3 is 19.3 Å². The van der Waals surface area contributed by atoms with E-state index in [1.165, 1.54) is 11.0 Å². The molecule has 0 aliphatic carbocycles. The van der Waals surface area contributed by atoms with Crippen LogP contribution >= 0.6 is 0 Å². The van der Waals surface area contributed by atoms with E-state index in [2.05, 4.69) is 0 Å². The summed E-state index contributed by atoms with van der Waals surface area (Å²) >= 11 is 0. The highest BCUT2D eigenvalue weighted by Gasteiger charge is 2.22. The molecule has 6 nitrogen and oxygen atoms in total. The van der Waals surface area contributed by atoms with Crippen molar-refractivity contribution < 1.29 is 19.1 Å². The van der Waals surface area contributed by atoms with Crippen LogP contribution < -0.4 is 4.74 Å². The van der Waals surface area contributed by atoms with E-state index in [1.54, 1.807) is 19.0 Å². The van der Waals surface area contributed by atoms with Gasteiger partial charge >= 0.3 is 6.09 Å². The fourth-order valence-electron chi connectivity index (χ4n) is 2.16. The zero-order valence-electron chi connectivity index (χ0n) is 17.5. The molecule has 0 N–H and O–H groups in total. The van der Waals surface area contributed by atoms with Crippen molar-refractivity contribution in [3.05, 3.63) is 41.5 Å². The molecule has 6 heteroatoms. The van der Waals surface area contributed by atoms with E-state index in [4.69, 9.17) is 9.47 Å². The third kappa shape index (κ3) is 9.13. The normalized spacial score (nSPS) is 11.7. The van der Waals surface area contributed by atoms with Crippen molar-refractivity contribution in [2.24, 2.45) is 0 Å². The predicted octanol–water partition coefficient (Wildman–Crippen LogP) is 3.65. The number of ether oxygens (including phenoxy) is 2. The average molecular weight is 376 g/mol. The molecular formula is C21H32N2O4. The maximum Gasteiger partial charge on any atom is 0.410 e. The first kappa shape index (κ1) is 22.5. The molecular weight excluding hydrogens is 344 g/mol. The lowest BCUT2D eigenvalue weighted by Crippen LogP contribution is -2.40. The van der Waals surface area contributed by atoms with Gasteiger partial charge in [-0.25, -0.2) is 4.79 Å². The molecule has 27 heavy (non-hydrogen) atoms. The van der Waals surface area contributed by atoms with Crippen LogP contribution in [0.25, 0.3) is 0 Å². The lowest BCUT2D eigenvalue weighted by Gasteiger charge is -2.27. The van der Waals surface area contributed by atoms with Gasteiger partial charge in [0.05, 0.1) is 6.54 Å². The van der Waals surface area contributed by atoms with Gasteiger partial charge in [-0.05, 0) is 52.3 Å². The minimum Gasteiger partial charge on any atom is -0.492 e. The Bertz CT molecular complexity index is 658. The topological polar surface area (TPSA) is 59.1 Å². The van der Waals surface area contributed by atoms with Gasteiger partial charge in [0.2, 0.25) is 5.91 Å². The molecule has 1 aromatic carbocycles. The Hall–Kier alpha value is -2.50. The monoisotopic (exact) mass is 376 g/mol. The van der Waals surface area contributed by atoms with Gasteiger partial charge in [-0.2, -0.15) is 0 Å². The highest BCUT2D eigenvalue weighted by molar-refractivity contribution is 5.87. The summed E-state index contributed by atoms with van der Waals surface area (Å²) in [5.74, 6) is 0.632. The molecule has 150 valence electrons. The third-order valence-corrected chi connectivity index (χ3v) is 3.55. The molecule has 1 rings (SSSR count). The molecule has 0 radical (unpaired) electrons. The third-order valence-electron chi connectivity index (χ3n) is 3.55. The summed E-state index contributed by atoms with van der Waals surface area (Å²) in [6.45, 7) is 10.3. The summed E-state index contributed by atoms with van der Waals surface area (Å²) in [5, 5.41) is 0. The lowest BCUT2D eigenvalue weighted by atomic mass is 10.2. The average Bonchev–Trinajstić information content (AvgIpc) is 2.53. The highest BCUT2D eigenvalue weighted by atomic mass is 16.6. The van der Waals surface area contributed by atoms with Gasteiger partial charge in [0.1, 0.15) is 18.0 Å². The van der Waals surface area contributed by atoms with Gasteiger partial charge in [0, 0.05) is 26.7 Å². The second-order valence-electron chi connectivity index (χ2n) is 7.79. The molecule has 0 saturated heterocycles. The second kappa shape index (κ2) is 10.00. The SMILES string of the molecule is C/C(=C\C(=O)N(C)C)CN(CCOc1ccc(C)cc1)C(=O)OC(C)(C)C. The molecule has 0 atom stereocenters. The zero-order valence-corrected chi connectivity index (χ0v) is 17.5. The quantitative estimate of drug-likeness (QED) is 0.682. The number of aryl methyl sites for hydroxylation is 1. The summed E-state index contributed by atoms with van der Waals surface area (Å²) in [5.41, 5.74) is 1.34. The molecule has 0 fully saturated rings. The summed E-state index contributed by atoms with van der Waals surface area (Å²) < 4.78 is 11.2. The molecule has 2 amide bonds. The predicted molar refractivity (Wildman–Crippen MR) is 107 cm³/mol. The van der Waals surface area contributed by atoms with E-state index in [1.807, 2.05) is 58.9 Å². The van der Waals surface area contributed by atoms with Crippen LogP contribution in [0, 0.1) is 6.92 Å². The second-order valence-corrected chi connectivity index (χ2v) is 7.79. The van der Waals surface area contributed by atoms with Crippen LogP contribution in [0.15, 0.2) is 35.9 Å². The van der Waals surface area contributed by atoms with Gasteiger partial charge in [-0.1, -0.05) is 17.7 Å². The van der Waals surface area contributed by atoms with E-state index in [0.29, 0.717) is 19.7 Å². The number of carbonyl (C=O) groups is 2. The van der Waals surface area contributed by atoms with Crippen molar-refractivity contribution in [3.63, 3.8) is 0 Å². The maximum absolute atomic E-state index is 12.5. The van der Waals surface area contributed by atoms with E-state index >= 15 is 0 Å². The summed E-state index contributed by atoms with van der Waals surface area (Å²) in [6, 6.07) is 7.74. The van der Waals surface area contributed by atoms with E-state index in [0.717, 1.165) is 16.9 Å². The minimum atomic E-state index is -0.593. The number of likely N-dealkylation sites (N-methyl/N-ethyl adjacent to an activating group) is 1. The number of nitrogens with zero attached hydrogens (tertiary/aromatic N) is 2. The zero-order chi connectivity index (χ0) is 20.6. The van der Waals surface area contributed by atoms with Crippen molar-refractivity contribution in [2.75, 3.05) is 33.8 Å². The minimum absolute atomic E-state index is 0.118. The Morgan fingerprint density at radius 1 is 1.11 bits per heavy atom. The number of carbonyl (C=O) groups excluding carboxylic acids is 2. The van der Waals surface area contributed by atoms with Crippen molar-refractivity contribution in [2.45, 2.75) is 40.2 Å². The molecule has 0 heterocycles. The molecule has 0 aliphatic rings. The molecule has 0 unspecified atom stereocenters. The number of amides is 2. The maximum atomic E-state index is 12.5. The Kier molecular flexibility index (Phi) is 8.34. The molecule has 0 aromatic heterocycles. The number of hydrogen-bond acceptors (Lipinski definition) is 4. The van der Waals surface area contributed by atoms with Crippen LogP contribution in [0.1, 0.15) is 33.3 Å². The van der Waals surface area contributed by atoms with Gasteiger partial charge in [-0.15, -0.1) is 0 Å². The fourth-order valence-corrected chi connectivity index (χ4v) is 2.16. The highest BCUT2D eigenvalue weighted by Crippen LogP contribution is 2.13. The molecule has 1 aromatic rings. The number of benzene rings is 1. The van der Waals surface area contributed by atoms with Crippen LogP contribution in [0.3, 0.4) is 0 Å². The fraction of sp³-hybridized carbons (Fsp3) is 0.524. The van der Waals surface area contributed by atoms with Crippen LogP contribution in [0.5, 0.6) is 5.75 Å². The Morgan fingerprint density at radius 3 is 2.22 bits per heavy atom. The van der Waals surface area contributed by atoms with Crippen molar-refractivity contribution in [1.29, 1.82) is 0 Å². The van der Waals surface area contributed by atoms with Crippen LogP contribution in [-0.2, 0) is 9.53 Å². The summed E-state index contributed by atoms with van der Waals surface area (Å²) in [6.07, 6.45) is 1.10. The summed E-state index contributed by atoms with van der Waals surface area (Å²) in [4.78, 5) is 27.4. The lowest BCUT2D eigenvalue weighted by molar-refractivity contribution is -0.123.